The van der Waals surface area contributed by atoms with Crippen LogP contribution in [0.15, 0.2) is 0 Å². The van der Waals surface area contributed by atoms with E-state index in [0.29, 0.717) is 7.05 Å². The van der Waals surface area contributed by atoms with Gasteiger partial charge in [-0.2, -0.15) is 26.3 Å². The van der Waals surface area contributed by atoms with Crippen LogP contribution in [0.5, 0.6) is 0 Å². The maximum Gasteiger partial charge on any atom is 0.414 e. The Morgan fingerprint density at radius 1 is 1.06 bits per heavy atom. The van der Waals surface area contributed by atoms with Crippen molar-refractivity contribution in [3.05, 3.63) is 0 Å². The van der Waals surface area contributed by atoms with Gasteiger partial charge in [0.05, 0.1) is 0 Å². The molecule has 0 saturated carbocycles. The summed E-state index contributed by atoms with van der Waals surface area (Å²) in [5.74, 6) is -6.32. The molecule has 0 amide bonds. The average molecular weight is 307 g/mol. The Bertz CT molecular complexity index is 419. The molecule has 0 aliphatic rings. The number of halogens is 6. The number of sulfone groups is 1. The van der Waals surface area contributed by atoms with E-state index in [1.807, 2.05) is 0 Å². The lowest BCUT2D eigenvalue weighted by Crippen LogP contribution is -2.60. The Kier molecular flexibility index (Phi) is 4.29. The van der Waals surface area contributed by atoms with Crippen molar-refractivity contribution in [1.29, 1.82) is 0 Å². The molecule has 104 valence electrons. The van der Waals surface area contributed by atoms with E-state index in [9.17, 15) is 39.0 Å². The molecule has 0 spiro atoms. The molecule has 17 heavy (non-hydrogen) atoms. The third kappa shape index (κ3) is 2.42. The van der Waals surface area contributed by atoms with Gasteiger partial charge in [-0.3, -0.25) is 0 Å². The highest BCUT2D eigenvalue weighted by Gasteiger charge is 2.78. The van der Waals surface area contributed by atoms with E-state index in [1.54, 1.807) is 0 Å². The highest BCUT2D eigenvalue weighted by atomic mass is 32.2. The Morgan fingerprint density at radius 3 is 1.65 bits per heavy atom. The van der Waals surface area contributed by atoms with E-state index >= 15 is 0 Å². The highest BCUT2D eigenvalue weighted by Crippen LogP contribution is 2.49. The summed E-state index contributed by atoms with van der Waals surface area (Å²) in [7, 11) is -9.12. The number of hydrogen-bond acceptors (Lipinski definition) is 3. The second kappa shape index (κ2) is 4.39. The van der Waals surface area contributed by atoms with Crippen molar-refractivity contribution in [3.63, 3.8) is 0 Å². The highest BCUT2D eigenvalue weighted by molar-refractivity contribution is 7.92. The second-order valence-corrected chi connectivity index (χ2v) is 6.37. The molecule has 4 nitrogen and oxygen atoms in total. The first-order chi connectivity index (χ1) is 7.23. The first kappa shape index (κ1) is 16.6. The molecule has 0 saturated heterocycles. The van der Waals surface area contributed by atoms with Gasteiger partial charge in [0.15, 0.2) is 11.0 Å². The molecule has 0 bridgehead atoms. The third-order valence-corrected chi connectivity index (χ3v) is 3.90. The number of alkyl halides is 6. The lowest BCUT2D eigenvalue weighted by atomic mass is 10.3. The van der Waals surface area contributed by atoms with E-state index < -0.39 is 37.3 Å². The van der Waals surface area contributed by atoms with Crippen LogP contribution in [0.1, 0.15) is 0 Å². The summed E-state index contributed by atoms with van der Waals surface area (Å²) in [5, 5.41) is -11.8. The second-order valence-electron chi connectivity index (χ2n) is 2.85. The molecule has 0 rings (SSSR count). The molecular formula is C5H7F6NO3S2. The fraction of sp³-hybridized carbons (Fsp3) is 1.00. The number of hydrogen-bond donors (Lipinski definition) is 1. The molecule has 0 heterocycles. The largest absolute Gasteiger partial charge is 0.414 e. The predicted octanol–water partition coefficient (Wildman–Crippen LogP) is 0.735. The summed E-state index contributed by atoms with van der Waals surface area (Å²) in [6.45, 7) is 0. The third-order valence-electron chi connectivity index (χ3n) is 1.61. The molecule has 12 heteroatoms. The van der Waals surface area contributed by atoms with Crippen LogP contribution in [-0.2, 0) is 20.8 Å². The van der Waals surface area contributed by atoms with Crippen molar-refractivity contribution in [2.24, 2.45) is 0 Å². The minimum absolute atomic E-state index is 0.334. The fourth-order valence-electron chi connectivity index (χ4n) is 0.647. The van der Waals surface area contributed by atoms with Gasteiger partial charge in [0.1, 0.15) is 0 Å². The Balaban J connectivity index is 5.81. The lowest BCUT2D eigenvalue weighted by molar-refractivity contribution is -0.242. The SMILES string of the molecule is CNS(=O)C(F)(F)C(F)(F)C(F)(F)S(C)(=O)=O. The zero-order valence-corrected chi connectivity index (χ0v) is 9.94. The fourth-order valence-corrected chi connectivity index (χ4v) is 1.92. The Morgan fingerprint density at radius 2 is 1.41 bits per heavy atom. The van der Waals surface area contributed by atoms with Crippen LogP contribution < -0.4 is 4.72 Å². The molecule has 0 aromatic carbocycles. The molecular weight excluding hydrogens is 300 g/mol. The molecule has 0 radical (unpaired) electrons. The average Bonchev–Trinajstić information content (AvgIpc) is 2.13. The van der Waals surface area contributed by atoms with Crippen LogP contribution in [0.3, 0.4) is 0 Å². The van der Waals surface area contributed by atoms with E-state index in [2.05, 4.69) is 0 Å². The summed E-state index contributed by atoms with van der Waals surface area (Å²) in [5.41, 5.74) is 0. The molecule has 0 aliphatic heterocycles. The maximum absolute atomic E-state index is 12.8. The van der Waals surface area contributed by atoms with Gasteiger partial charge in [0, 0.05) is 6.26 Å². The van der Waals surface area contributed by atoms with E-state index in [0.717, 1.165) is 4.72 Å². The van der Waals surface area contributed by atoms with Gasteiger partial charge < -0.3 is 0 Å². The number of rotatable bonds is 5. The molecule has 0 aromatic heterocycles. The van der Waals surface area contributed by atoms with Gasteiger partial charge in [-0.25, -0.2) is 17.3 Å². The first-order valence-corrected chi connectivity index (χ1v) is 6.70. The van der Waals surface area contributed by atoms with Gasteiger partial charge in [-0.15, -0.1) is 0 Å². The molecule has 0 aliphatic carbocycles. The summed E-state index contributed by atoms with van der Waals surface area (Å²) >= 11 is 0. The van der Waals surface area contributed by atoms with Crippen LogP contribution in [-0.4, -0.2) is 42.4 Å². The van der Waals surface area contributed by atoms with Gasteiger partial charge >= 0.3 is 16.4 Å². The van der Waals surface area contributed by atoms with Gasteiger partial charge in [0.25, 0.3) is 0 Å². The van der Waals surface area contributed by atoms with Crippen molar-refractivity contribution in [2.45, 2.75) is 16.4 Å². The van der Waals surface area contributed by atoms with Crippen molar-refractivity contribution < 1.29 is 39.0 Å². The van der Waals surface area contributed by atoms with Crippen LogP contribution in [0.4, 0.5) is 26.3 Å². The van der Waals surface area contributed by atoms with Gasteiger partial charge in [-0.05, 0) is 7.05 Å². The first-order valence-electron chi connectivity index (χ1n) is 3.65. The van der Waals surface area contributed by atoms with E-state index in [4.69, 9.17) is 0 Å². The monoisotopic (exact) mass is 307 g/mol. The quantitative estimate of drug-likeness (QED) is 0.762. The topological polar surface area (TPSA) is 63.2 Å². The Labute approximate surface area is 94.9 Å². The minimum atomic E-state index is -6.32. The standard InChI is InChI=1S/C5H7F6NO3S2/c1-12-16(13)4(8,9)3(6,7)5(10,11)17(2,14)15/h12H,1-2H3. The molecule has 1 atom stereocenters. The zero-order valence-electron chi connectivity index (χ0n) is 8.31. The molecule has 0 fully saturated rings. The summed E-state index contributed by atoms with van der Waals surface area (Å²) in [4.78, 5) is 0. The van der Waals surface area contributed by atoms with E-state index in [-0.39, 0.29) is 6.26 Å². The van der Waals surface area contributed by atoms with Crippen LogP contribution in [0, 0.1) is 0 Å². The summed E-state index contributed by atoms with van der Waals surface area (Å²) in [6, 6.07) is 0. The Hall–Kier alpha value is -0.360. The lowest BCUT2D eigenvalue weighted by Gasteiger charge is -2.30. The smallest absolute Gasteiger partial charge is 0.236 e. The van der Waals surface area contributed by atoms with Crippen LogP contribution in [0.25, 0.3) is 0 Å². The zero-order chi connectivity index (χ0) is 14.3. The predicted molar refractivity (Wildman–Crippen MR) is 46.9 cm³/mol. The van der Waals surface area contributed by atoms with Gasteiger partial charge in [-0.1, -0.05) is 0 Å². The van der Waals surface area contributed by atoms with Crippen molar-refractivity contribution >= 4 is 20.8 Å². The normalized spacial score (nSPS) is 16.9. The number of nitrogens with one attached hydrogen (secondary N) is 1. The van der Waals surface area contributed by atoms with Crippen molar-refractivity contribution in [1.82, 2.24) is 4.72 Å². The van der Waals surface area contributed by atoms with E-state index in [1.165, 1.54) is 0 Å². The molecule has 1 unspecified atom stereocenters. The van der Waals surface area contributed by atoms with Gasteiger partial charge in [0.2, 0.25) is 9.84 Å². The summed E-state index contributed by atoms with van der Waals surface area (Å²) < 4.78 is 109. The maximum atomic E-state index is 12.8. The van der Waals surface area contributed by atoms with Crippen LogP contribution >= 0.6 is 0 Å². The van der Waals surface area contributed by atoms with Crippen molar-refractivity contribution in [2.75, 3.05) is 13.3 Å². The summed E-state index contributed by atoms with van der Waals surface area (Å²) in [6.07, 6.45) is -0.334. The minimum Gasteiger partial charge on any atom is -0.236 e. The molecule has 0 aromatic rings. The van der Waals surface area contributed by atoms with Crippen LogP contribution in [0.2, 0.25) is 0 Å². The van der Waals surface area contributed by atoms with Crippen molar-refractivity contribution in [3.8, 4) is 0 Å². The molecule has 1 N–H and O–H groups in total.